The van der Waals surface area contributed by atoms with E-state index in [2.05, 4.69) is 34.9 Å². The molecule has 2 aromatic carbocycles. The fourth-order valence-corrected chi connectivity index (χ4v) is 4.89. The third-order valence-electron chi connectivity index (χ3n) is 6.13. The number of hydrogen-bond donors (Lipinski definition) is 3. The number of anilines is 3. The molecule has 0 saturated carbocycles. The molecule has 0 fully saturated rings. The highest BCUT2D eigenvalue weighted by molar-refractivity contribution is 6.76. The van der Waals surface area contributed by atoms with E-state index in [1.165, 1.54) is 0 Å². The Morgan fingerprint density at radius 3 is 2.65 bits per heavy atom. The number of nitrogen functional groups attached to an aromatic ring is 1. The van der Waals surface area contributed by atoms with Crippen LogP contribution in [0.25, 0.3) is 11.3 Å². The molecule has 1 atom stereocenters. The lowest BCUT2D eigenvalue weighted by Crippen LogP contribution is -2.22. The van der Waals surface area contributed by atoms with Gasteiger partial charge < -0.3 is 26.3 Å². The lowest BCUT2D eigenvalue weighted by molar-refractivity contribution is 0.0802. The summed E-state index contributed by atoms with van der Waals surface area (Å²) in [5.41, 5.74) is 14.6. The van der Waals surface area contributed by atoms with Crippen LogP contribution in [0.15, 0.2) is 61.1 Å². The molecule has 10 nitrogen and oxygen atoms in total. The van der Waals surface area contributed by atoms with E-state index < -0.39 is 14.0 Å². The molecule has 2 heterocycles. The van der Waals surface area contributed by atoms with Gasteiger partial charge in [0.25, 0.3) is 5.91 Å². The number of nitrogens with zero attached hydrogens (tertiary/aromatic N) is 4. The molecule has 210 valence electrons. The van der Waals surface area contributed by atoms with Crippen LogP contribution in [0.1, 0.15) is 28.9 Å². The topological polar surface area (TPSA) is 143 Å². The molecular weight excluding hydrogens is 546 g/mol. The van der Waals surface area contributed by atoms with E-state index in [0.717, 1.165) is 11.6 Å². The van der Waals surface area contributed by atoms with Crippen molar-refractivity contribution < 1.29 is 14.3 Å². The molecule has 0 aliphatic carbocycles. The van der Waals surface area contributed by atoms with E-state index in [-0.39, 0.29) is 18.4 Å². The summed E-state index contributed by atoms with van der Waals surface area (Å²) >= 11 is 6.16. The van der Waals surface area contributed by atoms with Crippen molar-refractivity contribution in [1.29, 1.82) is 0 Å². The third kappa shape index (κ3) is 7.38. The first kappa shape index (κ1) is 29.1. The van der Waals surface area contributed by atoms with Crippen molar-refractivity contribution in [2.24, 2.45) is 5.73 Å². The van der Waals surface area contributed by atoms with Crippen molar-refractivity contribution in [1.82, 2.24) is 19.7 Å². The Hall–Kier alpha value is -3.93. The summed E-state index contributed by atoms with van der Waals surface area (Å²) in [7, 11) is -1.30. The molecule has 0 bridgehead atoms. The highest BCUT2D eigenvalue weighted by Gasteiger charge is 2.25. The number of rotatable bonds is 12. The number of amides is 1. The van der Waals surface area contributed by atoms with Crippen LogP contribution in [0.4, 0.5) is 17.3 Å². The molecule has 0 aliphatic heterocycles. The summed E-state index contributed by atoms with van der Waals surface area (Å²) in [6.07, 6.45) is 4.31. The molecule has 40 heavy (non-hydrogen) atoms. The third-order valence-corrected chi connectivity index (χ3v) is 8.07. The summed E-state index contributed by atoms with van der Waals surface area (Å²) < 4.78 is 13.7. The molecule has 0 aliphatic rings. The number of nitrogens with one attached hydrogen (secondary N) is 1. The minimum absolute atomic E-state index is 0.109. The molecular formula is C28H34ClN7O3Si. The van der Waals surface area contributed by atoms with Crippen LogP contribution in [0, 0.1) is 0 Å². The SMILES string of the molecule is C[C@H](Oc1cc(-c2nn(COCC[Si](C)(C)C)c(Nc3cnccn3)c2C(N)=O)ccc1N)c1cccc(Cl)c1. The molecule has 0 unspecified atom stereocenters. The minimum Gasteiger partial charge on any atom is -0.484 e. The van der Waals surface area contributed by atoms with Crippen molar-refractivity contribution in [2.45, 2.75) is 45.4 Å². The summed E-state index contributed by atoms with van der Waals surface area (Å²) in [6.45, 7) is 9.43. The fourth-order valence-electron chi connectivity index (χ4n) is 3.93. The number of carbonyl (C=O) groups excluding carboxylic acids is 1. The largest absolute Gasteiger partial charge is 0.484 e. The van der Waals surface area contributed by atoms with Crippen molar-refractivity contribution >= 4 is 42.9 Å². The van der Waals surface area contributed by atoms with Gasteiger partial charge in [-0.15, -0.1) is 0 Å². The van der Waals surface area contributed by atoms with Gasteiger partial charge in [0.15, 0.2) is 0 Å². The Morgan fingerprint density at radius 2 is 1.98 bits per heavy atom. The second-order valence-corrected chi connectivity index (χ2v) is 16.6. The van der Waals surface area contributed by atoms with Crippen LogP contribution in [0.2, 0.25) is 30.7 Å². The first-order valence-electron chi connectivity index (χ1n) is 12.9. The first-order valence-corrected chi connectivity index (χ1v) is 16.9. The second kappa shape index (κ2) is 12.5. The van der Waals surface area contributed by atoms with Crippen molar-refractivity contribution in [3.63, 3.8) is 0 Å². The van der Waals surface area contributed by atoms with E-state index in [1.807, 2.05) is 25.1 Å². The lowest BCUT2D eigenvalue weighted by atomic mass is 10.1. The number of primary amides is 1. The van der Waals surface area contributed by atoms with Gasteiger partial charge >= 0.3 is 0 Å². The predicted octanol–water partition coefficient (Wildman–Crippen LogP) is 5.87. The molecule has 1 amide bonds. The smallest absolute Gasteiger partial charge is 0.254 e. The van der Waals surface area contributed by atoms with Gasteiger partial charge in [0.2, 0.25) is 0 Å². The molecule has 4 rings (SSSR count). The van der Waals surface area contributed by atoms with Gasteiger partial charge in [-0.25, -0.2) is 9.67 Å². The maximum Gasteiger partial charge on any atom is 0.254 e. The predicted molar refractivity (Wildman–Crippen MR) is 161 cm³/mol. The summed E-state index contributed by atoms with van der Waals surface area (Å²) in [4.78, 5) is 21.2. The lowest BCUT2D eigenvalue weighted by Gasteiger charge is -2.17. The van der Waals surface area contributed by atoms with Crippen LogP contribution >= 0.6 is 11.6 Å². The standard InChI is InChI=1S/C28H34ClN7O3Si/c1-18(19-6-5-7-21(29)14-19)39-23-15-20(8-9-22(23)30)26-25(27(31)37)28(34-24-16-32-10-11-33-24)36(35-26)17-38-12-13-40(2,3)4/h5-11,14-16,18H,12-13,17,30H2,1-4H3,(H2,31,37)(H,33,34)/t18-/m0/s1. The van der Waals surface area contributed by atoms with Crippen molar-refractivity contribution in [3.8, 4) is 17.0 Å². The number of ether oxygens (including phenoxy) is 2. The van der Waals surface area contributed by atoms with Gasteiger partial charge in [0.1, 0.15) is 41.5 Å². The van der Waals surface area contributed by atoms with Gasteiger partial charge in [0.05, 0.1) is 11.9 Å². The molecule has 0 saturated heterocycles. The van der Waals surface area contributed by atoms with Gasteiger partial charge in [-0.3, -0.25) is 9.78 Å². The number of nitrogens with two attached hydrogens (primary N) is 2. The van der Waals surface area contributed by atoms with Gasteiger partial charge in [-0.1, -0.05) is 49.4 Å². The van der Waals surface area contributed by atoms with E-state index >= 15 is 0 Å². The molecule has 4 aromatic rings. The highest BCUT2D eigenvalue weighted by Crippen LogP contribution is 2.36. The normalized spacial score (nSPS) is 12.2. The zero-order valence-corrected chi connectivity index (χ0v) is 24.8. The maximum atomic E-state index is 12.8. The zero-order valence-electron chi connectivity index (χ0n) is 23.0. The van der Waals surface area contributed by atoms with E-state index in [1.54, 1.807) is 47.5 Å². The average molecular weight is 580 g/mol. The van der Waals surface area contributed by atoms with Crippen LogP contribution < -0.4 is 21.5 Å². The fraction of sp³-hybridized carbons (Fsp3) is 0.286. The number of halogens is 1. The van der Waals surface area contributed by atoms with Gasteiger partial charge in [-0.05, 0) is 42.8 Å². The Balaban J connectivity index is 1.71. The van der Waals surface area contributed by atoms with Crippen LogP contribution in [0.3, 0.4) is 0 Å². The molecule has 0 spiro atoms. The highest BCUT2D eigenvalue weighted by atomic mass is 35.5. The number of carbonyl (C=O) groups is 1. The molecule has 12 heteroatoms. The van der Waals surface area contributed by atoms with Crippen LogP contribution in [-0.2, 0) is 11.5 Å². The Bertz CT molecular complexity index is 1470. The van der Waals surface area contributed by atoms with Gasteiger partial charge in [0, 0.05) is 37.7 Å². The molecule has 0 radical (unpaired) electrons. The van der Waals surface area contributed by atoms with Crippen LogP contribution in [0.5, 0.6) is 5.75 Å². The Kier molecular flexibility index (Phi) is 9.08. The van der Waals surface area contributed by atoms with E-state index in [4.69, 9.17) is 37.6 Å². The van der Waals surface area contributed by atoms with E-state index in [9.17, 15) is 4.79 Å². The molecule has 5 N–H and O–H groups in total. The summed E-state index contributed by atoms with van der Waals surface area (Å²) in [5.74, 6) is 0.546. The second-order valence-electron chi connectivity index (χ2n) is 10.6. The first-order chi connectivity index (χ1) is 19.0. The minimum atomic E-state index is -1.30. The van der Waals surface area contributed by atoms with Crippen molar-refractivity contribution in [2.75, 3.05) is 17.7 Å². The Morgan fingerprint density at radius 1 is 1.18 bits per heavy atom. The quantitative estimate of drug-likeness (QED) is 0.107. The Labute approximate surface area is 239 Å². The van der Waals surface area contributed by atoms with E-state index in [0.29, 0.717) is 46.0 Å². The number of benzene rings is 2. The number of hydrogen-bond acceptors (Lipinski definition) is 8. The zero-order chi connectivity index (χ0) is 28.9. The van der Waals surface area contributed by atoms with Crippen LogP contribution in [-0.4, -0.2) is 40.3 Å². The summed E-state index contributed by atoms with van der Waals surface area (Å²) in [6, 6.07) is 13.6. The number of aromatic nitrogens is 4. The molecule has 2 aromatic heterocycles. The van der Waals surface area contributed by atoms with Crippen molar-refractivity contribution in [3.05, 3.63) is 77.2 Å². The average Bonchev–Trinajstić information content (AvgIpc) is 3.26. The monoisotopic (exact) mass is 579 g/mol. The summed E-state index contributed by atoms with van der Waals surface area (Å²) in [5, 5.41) is 8.48. The van der Waals surface area contributed by atoms with Gasteiger partial charge in [-0.2, -0.15) is 5.10 Å². The maximum absolute atomic E-state index is 12.8.